The molecule has 0 heterocycles. The van der Waals surface area contributed by atoms with Crippen molar-refractivity contribution in [3.05, 3.63) is 24.3 Å². The SMILES string of the molecule is CCCCCC/C=C/C(C)CCN(CCC(C)/C=C/CCCCCC)CC(=O)O. The summed E-state index contributed by atoms with van der Waals surface area (Å²) in [5.74, 6) is 0.305. The predicted molar refractivity (Wildman–Crippen MR) is 127 cm³/mol. The fourth-order valence-corrected chi connectivity index (χ4v) is 3.46. The lowest BCUT2D eigenvalue weighted by atomic mass is 10.0. The van der Waals surface area contributed by atoms with Crippen LogP contribution in [-0.2, 0) is 4.79 Å². The number of rotatable bonds is 20. The molecule has 0 bridgehead atoms. The lowest BCUT2D eigenvalue weighted by molar-refractivity contribution is -0.138. The molecule has 0 aromatic rings. The van der Waals surface area contributed by atoms with Crippen molar-refractivity contribution in [2.45, 2.75) is 105 Å². The minimum Gasteiger partial charge on any atom is -0.480 e. The summed E-state index contributed by atoms with van der Waals surface area (Å²) in [6.07, 6.45) is 24.1. The molecule has 2 unspecified atom stereocenters. The summed E-state index contributed by atoms with van der Waals surface area (Å²) < 4.78 is 0. The summed E-state index contributed by atoms with van der Waals surface area (Å²) in [5.41, 5.74) is 0. The fraction of sp³-hybridized carbons (Fsp3) is 0.808. The van der Waals surface area contributed by atoms with Gasteiger partial charge in [-0.15, -0.1) is 0 Å². The molecule has 0 radical (unpaired) electrons. The van der Waals surface area contributed by atoms with Gasteiger partial charge in [0.15, 0.2) is 0 Å². The average Bonchev–Trinajstić information content (AvgIpc) is 2.69. The molecule has 0 fully saturated rings. The van der Waals surface area contributed by atoms with Crippen molar-refractivity contribution < 1.29 is 9.90 Å². The minimum absolute atomic E-state index is 0.154. The van der Waals surface area contributed by atoms with Gasteiger partial charge in [-0.1, -0.05) is 90.5 Å². The summed E-state index contributed by atoms with van der Waals surface area (Å²) >= 11 is 0. The van der Waals surface area contributed by atoms with Gasteiger partial charge in [0.1, 0.15) is 0 Å². The van der Waals surface area contributed by atoms with Gasteiger partial charge in [-0.05, 0) is 63.5 Å². The smallest absolute Gasteiger partial charge is 0.317 e. The summed E-state index contributed by atoms with van der Waals surface area (Å²) in [6, 6.07) is 0. The third-order valence-corrected chi connectivity index (χ3v) is 5.54. The van der Waals surface area contributed by atoms with Crippen LogP contribution in [0.1, 0.15) is 105 Å². The molecule has 170 valence electrons. The Morgan fingerprint density at radius 2 is 1.24 bits per heavy atom. The third kappa shape index (κ3) is 20.0. The van der Waals surface area contributed by atoms with Gasteiger partial charge < -0.3 is 5.11 Å². The van der Waals surface area contributed by atoms with Crippen molar-refractivity contribution in [3.63, 3.8) is 0 Å². The number of carboxylic acids is 1. The molecule has 3 nitrogen and oxygen atoms in total. The standard InChI is InChI=1S/C26H49NO2/c1-5-7-9-11-13-15-17-24(3)19-21-27(23-26(28)29)22-20-25(4)18-16-14-12-10-8-6-2/h15-18,24-25H,5-14,19-23H2,1-4H3,(H,28,29)/b17-15+,18-16+. The van der Waals surface area contributed by atoms with Gasteiger partial charge in [-0.25, -0.2) is 0 Å². The van der Waals surface area contributed by atoms with Crippen molar-refractivity contribution in [2.24, 2.45) is 11.8 Å². The zero-order valence-electron chi connectivity index (χ0n) is 19.9. The van der Waals surface area contributed by atoms with E-state index in [9.17, 15) is 9.90 Å². The number of aliphatic carboxylic acids is 1. The Morgan fingerprint density at radius 1 is 0.793 bits per heavy atom. The normalized spacial score (nSPS) is 14.2. The van der Waals surface area contributed by atoms with Gasteiger partial charge >= 0.3 is 5.97 Å². The van der Waals surface area contributed by atoms with Crippen LogP contribution >= 0.6 is 0 Å². The molecule has 29 heavy (non-hydrogen) atoms. The number of hydrogen-bond donors (Lipinski definition) is 1. The van der Waals surface area contributed by atoms with E-state index in [1.54, 1.807) is 0 Å². The number of hydrogen-bond acceptors (Lipinski definition) is 2. The van der Waals surface area contributed by atoms with Crippen molar-refractivity contribution in [1.29, 1.82) is 0 Å². The van der Waals surface area contributed by atoms with Gasteiger partial charge in [0, 0.05) is 0 Å². The topological polar surface area (TPSA) is 40.5 Å². The molecular weight excluding hydrogens is 358 g/mol. The number of nitrogens with zero attached hydrogens (tertiary/aromatic N) is 1. The second-order valence-electron chi connectivity index (χ2n) is 8.76. The number of carboxylic acid groups (broad SMARTS) is 1. The first-order valence-electron chi connectivity index (χ1n) is 12.3. The van der Waals surface area contributed by atoms with Crippen LogP contribution in [0.15, 0.2) is 24.3 Å². The molecule has 1 N–H and O–H groups in total. The van der Waals surface area contributed by atoms with E-state index in [1.165, 1.54) is 64.2 Å². The van der Waals surface area contributed by atoms with Crippen molar-refractivity contribution >= 4 is 5.97 Å². The van der Waals surface area contributed by atoms with E-state index < -0.39 is 5.97 Å². The summed E-state index contributed by atoms with van der Waals surface area (Å²) in [6.45, 7) is 10.8. The molecule has 0 saturated heterocycles. The molecular formula is C26H49NO2. The van der Waals surface area contributed by atoms with Crippen molar-refractivity contribution in [3.8, 4) is 0 Å². The lowest BCUT2D eigenvalue weighted by Gasteiger charge is -2.22. The lowest BCUT2D eigenvalue weighted by Crippen LogP contribution is -2.33. The Kier molecular flexibility index (Phi) is 19.4. The second kappa shape index (κ2) is 20.2. The van der Waals surface area contributed by atoms with Crippen molar-refractivity contribution in [1.82, 2.24) is 4.90 Å². The Bertz CT molecular complexity index is 398. The Labute approximate surface area is 181 Å². The highest BCUT2D eigenvalue weighted by Crippen LogP contribution is 2.12. The highest BCUT2D eigenvalue weighted by molar-refractivity contribution is 5.69. The van der Waals surface area contributed by atoms with E-state index in [0.29, 0.717) is 11.8 Å². The Hall–Kier alpha value is -1.09. The van der Waals surface area contributed by atoms with Gasteiger partial charge in [-0.3, -0.25) is 9.69 Å². The van der Waals surface area contributed by atoms with E-state index >= 15 is 0 Å². The van der Waals surface area contributed by atoms with Crippen molar-refractivity contribution in [2.75, 3.05) is 19.6 Å². The van der Waals surface area contributed by atoms with E-state index in [2.05, 4.69) is 56.9 Å². The molecule has 0 saturated carbocycles. The zero-order chi connectivity index (χ0) is 21.7. The van der Waals surface area contributed by atoms with Gasteiger partial charge in [0.05, 0.1) is 6.54 Å². The minimum atomic E-state index is -0.719. The van der Waals surface area contributed by atoms with Crippen LogP contribution < -0.4 is 0 Å². The van der Waals surface area contributed by atoms with Crippen LogP contribution in [0.3, 0.4) is 0 Å². The largest absolute Gasteiger partial charge is 0.480 e. The van der Waals surface area contributed by atoms with Gasteiger partial charge in [0.25, 0.3) is 0 Å². The second-order valence-corrected chi connectivity index (χ2v) is 8.76. The monoisotopic (exact) mass is 407 g/mol. The number of allylic oxidation sites excluding steroid dienone is 4. The number of unbranched alkanes of at least 4 members (excludes halogenated alkanes) is 8. The average molecular weight is 408 g/mol. The highest BCUT2D eigenvalue weighted by Gasteiger charge is 2.11. The first-order chi connectivity index (χ1) is 14.0. The summed E-state index contributed by atoms with van der Waals surface area (Å²) in [4.78, 5) is 13.3. The highest BCUT2D eigenvalue weighted by atomic mass is 16.4. The van der Waals surface area contributed by atoms with Crippen LogP contribution in [0.4, 0.5) is 0 Å². The molecule has 0 aliphatic rings. The van der Waals surface area contributed by atoms with E-state index in [1.807, 2.05) is 0 Å². The molecule has 0 rings (SSSR count). The molecule has 2 atom stereocenters. The molecule has 0 aliphatic heterocycles. The zero-order valence-corrected chi connectivity index (χ0v) is 19.9. The van der Waals surface area contributed by atoms with Gasteiger partial charge in [0.2, 0.25) is 0 Å². The number of carbonyl (C=O) groups is 1. The maximum absolute atomic E-state index is 11.2. The maximum Gasteiger partial charge on any atom is 0.317 e. The van der Waals surface area contributed by atoms with E-state index in [4.69, 9.17) is 0 Å². The Morgan fingerprint density at radius 3 is 1.62 bits per heavy atom. The molecule has 0 aromatic carbocycles. The van der Waals surface area contributed by atoms with E-state index in [0.717, 1.165) is 25.9 Å². The summed E-state index contributed by atoms with van der Waals surface area (Å²) in [7, 11) is 0. The molecule has 0 aromatic heterocycles. The summed E-state index contributed by atoms with van der Waals surface area (Å²) in [5, 5.41) is 9.23. The van der Waals surface area contributed by atoms with Gasteiger partial charge in [-0.2, -0.15) is 0 Å². The van der Waals surface area contributed by atoms with Crippen LogP contribution in [-0.4, -0.2) is 35.6 Å². The predicted octanol–water partition coefficient (Wildman–Crippen LogP) is 7.48. The first kappa shape index (κ1) is 27.9. The fourth-order valence-electron chi connectivity index (χ4n) is 3.46. The van der Waals surface area contributed by atoms with Crippen LogP contribution in [0, 0.1) is 11.8 Å². The first-order valence-corrected chi connectivity index (χ1v) is 12.3. The molecule has 0 aliphatic carbocycles. The third-order valence-electron chi connectivity index (χ3n) is 5.54. The van der Waals surface area contributed by atoms with Crippen LogP contribution in [0.25, 0.3) is 0 Å². The molecule has 0 spiro atoms. The van der Waals surface area contributed by atoms with Crippen LogP contribution in [0.2, 0.25) is 0 Å². The maximum atomic E-state index is 11.2. The Balaban J connectivity index is 4.13. The molecule has 3 heteroatoms. The van der Waals surface area contributed by atoms with Crippen LogP contribution in [0.5, 0.6) is 0 Å². The quantitative estimate of drug-likeness (QED) is 0.168. The van der Waals surface area contributed by atoms with E-state index in [-0.39, 0.29) is 6.54 Å². The molecule has 0 amide bonds.